The summed E-state index contributed by atoms with van der Waals surface area (Å²) in [6, 6.07) is 13.9. The second-order valence-corrected chi connectivity index (χ2v) is 10.7. The van der Waals surface area contributed by atoms with Gasteiger partial charge in [0, 0.05) is 23.6 Å². The minimum Gasteiger partial charge on any atom is -0.379 e. The summed E-state index contributed by atoms with van der Waals surface area (Å²) in [7, 11) is -2.66. The SMILES string of the molecule is CN1CCC(c2cn(Cc3ccc(F)cc3)c3ccc(OS(=O)(=O)c4c(F)cccc4F)cc23)CC1. The smallest absolute Gasteiger partial charge is 0.345 e. The van der Waals surface area contributed by atoms with Crippen LogP contribution in [0, 0.1) is 17.5 Å². The number of hydrogen-bond acceptors (Lipinski definition) is 4. The molecule has 0 spiro atoms. The molecule has 188 valence electrons. The fourth-order valence-electron chi connectivity index (χ4n) is 4.81. The van der Waals surface area contributed by atoms with E-state index in [1.165, 1.54) is 18.2 Å². The molecule has 0 unspecified atom stereocenters. The van der Waals surface area contributed by atoms with Gasteiger partial charge in [0.25, 0.3) is 0 Å². The van der Waals surface area contributed by atoms with Gasteiger partial charge in [0.1, 0.15) is 23.2 Å². The molecule has 0 atom stereocenters. The lowest BCUT2D eigenvalue weighted by Crippen LogP contribution is -2.29. The van der Waals surface area contributed by atoms with E-state index in [4.69, 9.17) is 4.18 Å². The van der Waals surface area contributed by atoms with Crippen molar-refractivity contribution in [3.63, 3.8) is 0 Å². The Morgan fingerprint density at radius 1 is 0.944 bits per heavy atom. The van der Waals surface area contributed by atoms with E-state index in [0.717, 1.165) is 66.2 Å². The molecule has 1 aliphatic heterocycles. The Labute approximate surface area is 207 Å². The van der Waals surface area contributed by atoms with Crippen molar-refractivity contribution in [1.29, 1.82) is 0 Å². The number of hydrogen-bond donors (Lipinski definition) is 0. The highest BCUT2D eigenvalue weighted by Crippen LogP contribution is 2.37. The first-order valence-corrected chi connectivity index (χ1v) is 13.1. The fraction of sp³-hybridized carbons (Fsp3) is 0.259. The first-order chi connectivity index (χ1) is 17.2. The van der Waals surface area contributed by atoms with Crippen LogP contribution in [0.3, 0.4) is 0 Å². The molecule has 0 aliphatic carbocycles. The molecule has 0 radical (unpaired) electrons. The highest BCUT2D eigenvalue weighted by molar-refractivity contribution is 7.87. The Kier molecular flexibility index (Phi) is 6.53. The summed E-state index contributed by atoms with van der Waals surface area (Å²) in [5.41, 5.74) is 2.83. The van der Waals surface area contributed by atoms with Crippen molar-refractivity contribution in [2.24, 2.45) is 0 Å². The van der Waals surface area contributed by atoms with Crippen LogP contribution in [0.2, 0.25) is 0 Å². The zero-order valence-electron chi connectivity index (χ0n) is 19.6. The average molecular weight is 515 g/mol. The van der Waals surface area contributed by atoms with Crippen LogP contribution in [0.15, 0.2) is 71.8 Å². The molecule has 0 N–H and O–H groups in total. The summed E-state index contributed by atoms with van der Waals surface area (Å²) < 4.78 is 74.4. The topological polar surface area (TPSA) is 51.5 Å². The fourth-order valence-corrected chi connectivity index (χ4v) is 5.86. The van der Waals surface area contributed by atoms with E-state index in [2.05, 4.69) is 18.1 Å². The lowest BCUT2D eigenvalue weighted by atomic mass is 9.89. The van der Waals surface area contributed by atoms with Crippen molar-refractivity contribution in [3.8, 4) is 5.75 Å². The molecular weight excluding hydrogens is 489 g/mol. The highest BCUT2D eigenvalue weighted by atomic mass is 32.2. The predicted octanol–water partition coefficient (Wildman–Crippen LogP) is 5.68. The van der Waals surface area contributed by atoms with Crippen LogP contribution in [0.4, 0.5) is 13.2 Å². The van der Waals surface area contributed by atoms with Gasteiger partial charge in [-0.05, 0) is 92.5 Å². The van der Waals surface area contributed by atoms with E-state index in [1.807, 2.05) is 4.57 Å². The van der Waals surface area contributed by atoms with Crippen molar-refractivity contribution in [1.82, 2.24) is 9.47 Å². The van der Waals surface area contributed by atoms with Gasteiger partial charge in [-0.15, -0.1) is 0 Å². The third kappa shape index (κ3) is 4.85. The van der Waals surface area contributed by atoms with Crippen molar-refractivity contribution in [3.05, 3.63) is 95.4 Å². The zero-order chi connectivity index (χ0) is 25.4. The molecule has 0 bridgehead atoms. The van der Waals surface area contributed by atoms with E-state index in [-0.39, 0.29) is 17.5 Å². The third-order valence-corrected chi connectivity index (χ3v) is 7.98. The lowest BCUT2D eigenvalue weighted by Gasteiger charge is -2.28. The number of piperidine rings is 1. The standard InChI is InChI=1S/C27H25F3N2O3S/c1-31-13-11-19(12-14-31)23-17-32(16-18-5-7-20(28)8-6-18)26-10-9-21(15-22(23)26)35-36(33,34)27-24(29)3-2-4-25(27)30/h2-10,15,17,19H,11-14,16H2,1H3. The quantitative estimate of drug-likeness (QED) is 0.311. The predicted molar refractivity (Wildman–Crippen MR) is 131 cm³/mol. The molecule has 4 aromatic rings. The van der Waals surface area contributed by atoms with E-state index < -0.39 is 26.6 Å². The normalized spacial score (nSPS) is 15.4. The van der Waals surface area contributed by atoms with Gasteiger partial charge in [0.15, 0.2) is 4.90 Å². The number of likely N-dealkylation sites (tertiary alicyclic amines) is 1. The Bertz CT molecular complexity index is 1490. The number of halogens is 3. The zero-order valence-corrected chi connectivity index (χ0v) is 20.4. The Balaban J connectivity index is 1.55. The van der Waals surface area contributed by atoms with E-state index in [0.29, 0.717) is 6.54 Å². The molecule has 3 aromatic carbocycles. The van der Waals surface area contributed by atoms with Gasteiger partial charge in [-0.25, -0.2) is 13.2 Å². The van der Waals surface area contributed by atoms with Crippen LogP contribution in [0.25, 0.3) is 10.9 Å². The van der Waals surface area contributed by atoms with Crippen LogP contribution < -0.4 is 4.18 Å². The van der Waals surface area contributed by atoms with Crippen LogP contribution >= 0.6 is 0 Å². The number of rotatable bonds is 6. The van der Waals surface area contributed by atoms with Crippen LogP contribution in [-0.2, 0) is 16.7 Å². The number of benzene rings is 3. The van der Waals surface area contributed by atoms with Gasteiger partial charge in [-0.2, -0.15) is 8.42 Å². The van der Waals surface area contributed by atoms with Crippen molar-refractivity contribution in [2.45, 2.75) is 30.2 Å². The Morgan fingerprint density at radius 2 is 1.61 bits per heavy atom. The summed E-state index contributed by atoms with van der Waals surface area (Å²) in [6.45, 7) is 2.38. The van der Waals surface area contributed by atoms with Crippen molar-refractivity contribution < 1.29 is 25.8 Å². The largest absolute Gasteiger partial charge is 0.379 e. The highest BCUT2D eigenvalue weighted by Gasteiger charge is 2.27. The molecule has 2 heterocycles. The Hall–Kier alpha value is -3.30. The molecule has 0 amide bonds. The van der Waals surface area contributed by atoms with Crippen molar-refractivity contribution >= 4 is 21.0 Å². The summed E-state index contributed by atoms with van der Waals surface area (Å²) >= 11 is 0. The lowest BCUT2D eigenvalue weighted by molar-refractivity contribution is 0.256. The summed E-state index contributed by atoms with van der Waals surface area (Å²) in [5, 5.41) is 0.813. The van der Waals surface area contributed by atoms with Crippen LogP contribution in [0.5, 0.6) is 5.75 Å². The molecule has 0 saturated carbocycles. The summed E-state index contributed by atoms with van der Waals surface area (Å²) in [5.74, 6) is -2.51. The van der Waals surface area contributed by atoms with E-state index in [9.17, 15) is 21.6 Å². The monoisotopic (exact) mass is 514 g/mol. The molecule has 5 rings (SSSR count). The van der Waals surface area contributed by atoms with E-state index in [1.54, 1.807) is 24.3 Å². The molecule has 36 heavy (non-hydrogen) atoms. The van der Waals surface area contributed by atoms with Gasteiger partial charge in [-0.3, -0.25) is 0 Å². The molecule has 1 aliphatic rings. The molecule has 9 heteroatoms. The first-order valence-electron chi connectivity index (χ1n) is 11.7. The van der Waals surface area contributed by atoms with Crippen LogP contribution in [-0.4, -0.2) is 38.0 Å². The minimum absolute atomic E-state index is 0.0288. The number of nitrogens with zero attached hydrogens (tertiary/aromatic N) is 2. The van der Waals surface area contributed by atoms with Gasteiger partial charge in [0.2, 0.25) is 0 Å². The molecule has 1 aromatic heterocycles. The van der Waals surface area contributed by atoms with Gasteiger partial charge < -0.3 is 13.7 Å². The summed E-state index contributed by atoms with van der Waals surface area (Å²) in [4.78, 5) is 1.15. The molecule has 5 nitrogen and oxygen atoms in total. The van der Waals surface area contributed by atoms with Gasteiger partial charge in [-0.1, -0.05) is 18.2 Å². The van der Waals surface area contributed by atoms with Crippen molar-refractivity contribution in [2.75, 3.05) is 20.1 Å². The average Bonchev–Trinajstić information content (AvgIpc) is 3.18. The molecule has 1 saturated heterocycles. The minimum atomic E-state index is -4.73. The molecule has 1 fully saturated rings. The Morgan fingerprint density at radius 3 is 2.28 bits per heavy atom. The van der Waals surface area contributed by atoms with Crippen LogP contribution in [0.1, 0.15) is 29.9 Å². The maximum atomic E-state index is 14.1. The van der Waals surface area contributed by atoms with Gasteiger partial charge >= 0.3 is 10.1 Å². The van der Waals surface area contributed by atoms with E-state index >= 15 is 0 Å². The third-order valence-electron chi connectivity index (χ3n) is 6.68. The summed E-state index contributed by atoms with van der Waals surface area (Å²) in [6.07, 6.45) is 3.94. The maximum Gasteiger partial charge on any atom is 0.345 e. The van der Waals surface area contributed by atoms with Gasteiger partial charge in [0.05, 0.1) is 0 Å². The number of fused-ring (bicyclic) bond motifs is 1. The second-order valence-electron chi connectivity index (χ2n) is 9.18. The molecular formula is C27H25F3N2O3S. The first kappa shape index (κ1) is 24.4. The maximum absolute atomic E-state index is 14.1. The second kappa shape index (κ2) is 9.63. The number of aromatic nitrogens is 1.